The van der Waals surface area contributed by atoms with Crippen molar-refractivity contribution in [1.82, 2.24) is 4.98 Å². The van der Waals surface area contributed by atoms with Crippen LogP contribution in [0.15, 0.2) is 97.2 Å². The van der Waals surface area contributed by atoms with Crippen LogP contribution in [0.2, 0.25) is 0 Å². The van der Waals surface area contributed by atoms with Gasteiger partial charge in [0, 0.05) is 11.8 Å². The third kappa shape index (κ3) is 3.62. The molecule has 3 heteroatoms. The average Bonchev–Trinajstić information content (AvgIpc) is 2.75. The molecule has 0 bridgehead atoms. The molecule has 0 unspecified atom stereocenters. The van der Waals surface area contributed by atoms with Crippen molar-refractivity contribution in [3.05, 3.63) is 103 Å². The summed E-state index contributed by atoms with van der Waals surface area (Å²) in [7, 11) is 0. The molecule has 4 aromatic rings. The predicted molar refractivity (Wildman–Crippen MR) is 108 cm³/mol. The van der Waals surface area contributed by atoms with Crippen LogP contribution in [-0.4, -0.2) is 16.1 Å². The summed E-state index contributed by atoms with van der Waals surface area (Å²) in [4.78, 5) is 15.4. The number of carbonyl (C=O) groups is 1. The lowest BCUT2D eigenvalue weighted by atomic mass is 9.98. The zero-order valence-corrected chi connectivity index (χ0v) is 14.5. The summed E-state index contributed by atoms with van der Waals surface area (Å²) in [5, 5.41) is 9.01. The van der Waals surface area contributed by atoms with Crippen molar-refractivity contribution < 1.29 is 9.90 Å². The molecular formula is C24H17NO2. The van der Waals surface area contributed by atoms with E-state index in [9.17, 15) is 4.79 Å². The zero-order valence-electron chi connectivity index (χ0n) is 14.5. The summed E-state index contributed by atoms with van der Waals surface area (Å²) in [5.41, 5.74) is 6.63. The van der Waals surface area contributed by atoms with Crippen molar-refractivity contribution in [2.75, 3.05) is 0 Å². The summed E-state index contributed by atoms with van der Waals surface area (Å²) in [5.74, 6) is -0.912. The molecule has 3 nitrogen and oxygen atoms in total. The van der Waals surface area contributed by atoms with Crippen molar-refractivity contribution in [3.8, 4) is 33.5 Å². The van der Waals surface area contributed by atoms with E-state index < -0.39 is 5.97 Å². The molecule has 0 atom stereocenters. The molecule has 0 fully saturated rings. The molecule has 1 heterocycles. The average molecular weight is 351 g/mol. The Morgan fingerprint density at radius 2 is 1.22 bits per heavy atom. The molecule has 27 heavy (non-hydrogen) atoms. The van der Waals surface area contributed by atoms with Gasteiger partial charge in [-0.15, -0.1) is 0 Å². The highest BCUT2D eigenvalue weighted by Crippen LogP contribution is 2.28. The maximum atomic E-state index is 11.0. The fourth-order valence-corrected chi connectivity index (χ4v) is 3.05. The second-order valence-corrected chi connectivity index (χ2v) is 6.26. The summed E-state index contributed by atoms with van der Waals surface area (Å²) >= 11 is 0. The molecule has 0 saturated carbocycles. The van der Waals surface area contributed by atoms with Gasteiger partial charge in [-0.05, 0) is 52.6 Å². The molecular weight excluding hydrogens is 334 g/mol. The van der Waals surface area contributed by atoms with Gasteiger partial charge < -0.3 is 5.11 Å². The van der Waals surface area contributed by atoms with E-state index in [0.717, 1.165) is 33.5 Å². The van der Waals surface area contributed by atoms with E-state index in [1.165, 1.54) is 0 Å². The quantitative estimate of drug-likeness (QED) is 0.507. The number of aromatic carboxylic acids is 1. The van der Waals surface area contributed by atoms with E-state index in [4.69, 9.17) is 5.11 Å². The number of nitrogens with zero attached hydrogens (tertiary/aromatic N) is 1. The van der Waals surface area contributed by atoms with Crippen LogP contribution in [0, 0.1) is 0 Å². The van der Waals surface area contributed by atoms with Gasteiger partial charge in [-0.2, -0.15) is 0 Å². The van der Waals surface area contributed by atoms with Gasteiger partial charge in [0.2, 0.25) is 0 Å². The van der Waals surface area contributed by atoms with E-state index >= 15 is 0 Å². The lowest BCUT2D eigenvalue weighted by Crippen LogP contribution is -1.94. The standard InChI is InChI=1S/C24H17NO2/c26-24(27)20-13-11-18(12-14-20)17-7-9-19(10-8-17)21-4-3-5-22(16-21)23-6-1-2-15-25-23/h1-16H,(H,26,27). The molecule has 1 aromatic heterocycles. The van der Waals surface area contributed by atoms with Crippen LogP contribution >= 0.6 is 0 Å². The Morgan fingerprint density at radius 3 is 1.81 bits per heavy atom. The summed E-state index contributed by atoms with van der Waals surface area (Å²) < 4.78 is 0. The van der Waals surface area contributed by atoms with Gasteiger partial charge in [0.15, 0.2) is 0 Å². The third-order valence-corrected chi connectivity index (χ3v) is 4.51. The maximum Gasteiger partial charge on any atom is 0.335 e. The number of hydrogen-bond acceptors (Lipinski definition) is 2. The number of carboxylic acids is 1. The lowest BCUT2D eigenvalue weighted by molar-refractivity contribution is 0.0697. The number of carboxylic acid groups (broad SMARTS) is 1. The SMILES string of the molecule is O=C(O)c1ccc(-c2ccc(-c3cccc(-c4ccccn4)c3)cc2)cc1. The Kier molecular flexibility index (Phi) is 4.50. The normalized spacial score (nSPS) is 10.5. The molecule has 0 aliphatic carbocycles. The Balaban J connectivity index is 1.62. The first-order chi connectivity index (χ1) is 13.2. The van der Waals surface area contributed by atoms with E-state index in [1.807, 2.05) is 36.4 Å². The third-order valence-electron chi connectivity index (χ3n) is 4.51. The highest BCUT2D eigenvalue weighted by Gasteiger charge is 2.05. The Morgan fingerprint density at radius 1 is 0.630 bits per heavy atom. The van der Waals surface area contributed by atoms with E-state index in [1.54, 1.807) is 18.3 Å². The molecule has 0 aliphatic rings. The highest BCUT2D eigenvalue weighted by molar-refractivity contribution is 5.88. The molecule has 1 N–H and O–H groups in total. The molecule has 4 rings (SSSR count). The number of pyridine rings is 1. The number of aromatic nitrogens is 1. The molecule has 3 aromatic carbocycles. The van der Waals surface area contributed by atoms with Crippen LogP contribution in [0.3, 0.4) is 0 Å². The van der Waals surface area contributed by atoms with Crippen LogP contribution in [-0.2, 0) is 0 Å². The minimum atomic E-state index is -0.912. The Labute approximate surface area is 157 Å². The van der Waals surface area contributed by atoms with Crippen LogP contribution in [0.4, 0.5) is 0 Å². The molecule has 0 radical (unpaired) electrons. The van der Waals surface area contributed by atoms with Crippen molar-refractivity contribution in [2.45, 2.75) is 0 Å². The van der Waals surface area contributed by atoms with Crippen molar-refractivity contribution >= 4 is 5.97 Å². The van der Waals surface area contributed by atoms with Crippen LogP contribution in [0.25, 0.3) is 33.5 Å². The fraction of sp³-hybridized carbons (Fsp3) is 0. The minimum Gasteiger partial charge on any atom is -0.478 e. The second-order valence-electron chi connectivity index (χ2n) is 6.26. The second kappa shape index (κ2) is 7.26. The highest BCUT2D eigenvalue weighted by atomic mass is 16.4. The largest absolute Gasteiger partial charge is 0.478 e. The first kappa shape index (κ1) is 16.7. The molecule has 0 spiro atoms. The lowest BCUT2D eigenvalue weighted by Gasteiger charge is -2.07. The Hall–Kier alpha value is -3.72. The van der Waals surface area contributed by atoms with Crippen molar-refractivity contribution in [3.63, 3.8) is 0 Å². The number of hydrogen-bond donors (Lipinski definition) is 1. The topological polar surface area (TPSA) is 50.2 Å². The van der Waals surface area contributed by atoms with E-state index in [0.29, 0.717) is 5.56 Å². The van der Waals surface area contributed by atoms with Crippen molar-refractivity contribution in [1.29, 1.82) is 0 Å². The molecule has 0 saturated heterocycles. The van der Waals surface area contributed by atoms with E-state index in [-0.39, 0.29) is 0 Å². The van der Waals surface area contributed by atoms with Crippen molar-refractivity contribution in [2.24, 2.45) is 0 Å². The van der Waals surface area contributed by atoms with Gasteiger partial charge in [0.1, 0.15) is 0 Å². The molecule has 0 amide bonds. The zero-order chi connectivity index (χ0) is 18.6. The number of benzene rings is 3. The van der Waals surface area contributed by atoms with Gasteiger partial charge >= 0.3 is 5.97 Å². The smallest absolute Gasteiger partial charge is 0.335 e. The minimum absolute atomic E-state index is 0.293. The molecule has 0 aliphatic heterocycles. The summed E-state index contributed by atoms with van der Waals surface area (Å²) in [6, 6.07) is 29.4. The summed E-state index contributed by atoms with van der Waals surface area (Å²) in [6.07, 6.45) is 1.80. The fourth-order valence-electron chi connectivity index (χ4n) is 3.05. The maximum absolute atomic E-state index is 11.0. The van der Waals surface area contributed by atoms with Crippen LogP contribution in [0.5, 0.6) is 0 Å². The predicted octanol–water partition coefficient (Wildman–Crippen LogP) is 5.78. The monoisotopic (exact) mass is 351 g/mol. The van der Waals surface area contributed by atoms with Gasteiger partial charge in [-0.25, -0.2) is 4.79 Å². The first-order valence-corrected chi connectivity index (χ1v) is 8.66. The first-order valence-electron chi connectivity index (χ1n) is 8.66. The van der Waals surface area contributed by atoms with Crippen LogP contribution in [0.1, 0.15) is 10.4 Å². The van der Waals surface area contributed by atoms with Gasteiger partial charge in [-0.1, -0.05) is 60.7 Å². The summed E-state index contributed by atoms with van der Waals surface area (Å²) in [6.45, 7) is 0. The van der Waals surface area contributed by atoms with Gasteiger partial charge in [0.05, 0.1) is 11.3 Å². The molecule has 130 valence electrons. The van der Waals surface area contributed by atoms with E-state index in [2.05, 4.69) is 47.4 Å². The van der Waals surface area contributed by atoms with Gasteiger partial charge in [0.25, 0.3) is 0 Å². The van der Waals surface area contributed by atoms with Gasteiger partial charge in [-0.3, -0.25) is 4.98 Å². The van der Waals surface area contributed by atoms with Crippen LogP contribution < -0.4 is 0 Å². The Bertz CT molecular complexity index is 1070. The number of rotatable bonds is 4.